The first kappa shape index (κ1) is 12.7. The molecule has 1 aliphatic rings. The molecule has 0 aromatic heterocycles. The van der Waals surface area contributed by atoms with E-state index in [2.05, 4.69) is 5.32 Å². The van der Waals surface area contributed by atoms with E-state index in [-0.39, 0.29) is 11.9 Å². The van der Waals surface area contributed by atoms with E-state index in [0.29, 0.717) is 0 Å². The van der Waals surface area contributed by atoms with Gasteiger partial charge in [-0.15, -0.1) is 0 Å². The maximum atomic E-state index is 12.0. The summed E-state index contributed by atoms with van der Waals surface area (Å²) in [5, 5.41) is 3.09. The minimum absolute atomic E-state index is 0.0338. The first-order chi connectivity index (χ1) is 8.61. The Morgan fingerprint density at radius 3 is 3.06 bits per heavy atom. The van der Waals surface area contributed by atoms with Crippen molar-refractivity contribution in [1.82, 2.24) is 5.32 Å². The monoisotopic (exact) mass is 244 g/mol. The van der Waals surface area contributed by atoms with Gasteiger partial charge >= 0.3 is 0 Å². The summed E-state index contributed by atoms with van der Waals surface area (Å²) >= 11 is 0. The van der Waals surface area contributed by atoms with E-state index in [1.807, 2.05) is 38.1 Å². The first-order valence-corrected chi connectivity index (χ1v) is 6.47. The minimum atomic E-state index is 0.0338. The number of hydrogen-bond acceptors (Lipinski definition) is 2. The van der Waals surface area contributed by atoms with E-state index in [1.54, 1.807) is 0 Å². The second-order valence-corrected chi connectivity index (χ2v) is 4.82. The first-order valence-electron chi connectivity index (χ1n) is 6.47. The van der Waals surface area contributed by atoms with Gasteiger partial charge in [0.15, 0.2) is 0 Å². The Balaban J connectivity index is 2.10. The molecule has 1 aromatic rings. The van der Waals surface area contributed by atoms with E-state index in [0.717, 1.165) is 30.5 Å². The van der Waals surface area contributed by atoms with Gasteiger partial charge in [0.05, 0.1) is 6.04 Å². The topological polar surface area (TPSA) is 55.1 Å². The Labute approximate surface area is 108 Å². The van der Waals surface area contributed by atoms with Gasteiger partial charge in [0.25, 0.3) is 0 Å². The highest BCUT2D eigenvalue weighted by Gasteiger charge is 2.24. The average molecular weight is 244 g/mol. The normalized spacial score (nSPS) is 18.6. The molecule has 0 saturated heterocycles. The quantitative estimate of drug-likeness (QED) is 0.634. The highest BCUT2D eigenvalue weighted by molar-refractivity contribution is 5.93. The summed E-state index contributed by atoms with van der Waals surface area (Å²) in [4.78, 5) is 12.0. The van der Waals surface area contributed by atoms with Crippen LogP contribution in [-0.2, 0) is 11.2 Å². The van der Waals surface area contributed by atoms with Gasteiger partial charge < -0.3 is 11.1 Å². The van der Waals surface area contributed by atoms with Gasteiger partial charge in [-0.3, -0.25) is 4.79 Å². The molecule has 0 aliphatic heterocycles. The van der Waals surface area contributed by atoms with Crippen LogP contribution in [0.15, 0.2) is 29.8 Å². The summed E-state index contributed by atoms with van der Waals surface area (Å²) < 4.78 is 0. The SMILES string of the molecule is CCC=C(C)C(=O)NC1CCc2cc(N)ccc21. The van der Waals surface area contributed by atoms with Crippen LogP contribution in [0.25, 0.3) is 0 Å². The third-order valence-corrected chi connectivity index (χ3v) is 3.42. The lowest BCUT2D eigenvalue weighted by atomic mass is 10.1. The fourth-order valence-corrected chi connectivity index (χ4v) is 2.46. The molecule has 1 aliphatic carbocycles. The number of carbonyl (C=O) groups is 1. The van der Waals surface area contributed by atoms with Crippen molar-refractivity contribution in [3.05, 3.63) is 41.0 Å². The maximum Gasteiger partial charge on any atom is 0.247 e. The lowest BCUT2D eigenvalue weighted by Crippen LogP contribution is -2.27. The summed E-state index contributed by atoms with van der Waals surface area (Å²) in [6.45, 7) is 3.89. The molecule has 0 fully saturated rings. The van der Waals surface area contributed by atoms with Crippen LogP contribution in [0, 0.1) is 0 Å². The number of anilines is 1. The van der Waals surface area contributed by atoms with E-state index in [1.165, 1.54) is 11.1 Å². The largest absolute Gasteiger partial charge is 0.399 e. The number of amides is 1. The molecule has 0 saturated carbocycles. The van der Waals surface area contributed by atoms with Crippen LogP contribution in [0.1, 0.15) is 43.9 Å². The molecule has 0 spiro atoms. The number of nitrogens with one attached hydrogen (secondary N) is 1. The summed E-state index contributed by atoms with van der Waals surface area (Å²) in [6.07, 6.45) is 4.79. The number of benzene rings is 1. The zero-order valence-corrected chi connectivity index (χ0v) is 11.0. The van der Waals surface area contributed by atoms with Crippen molar-refractivity contribution >= 4 is 11.6 Å². The van der Waals surface area contributed by atoms with Crippen LogP contribution in [0.4, 0.5) is 5.69 Å². The number of allylic oxidation sites excluding steroid dienone is 1. The summed E-state index contributed by atoms with van der Waals surface area (Å²) in [6, 6.07) is 6.07. The molecule has 1 aromatic carbocycles. The van der Waals surface area contributed by atoms with Crippen molar-refractivity contribution < 1.29 is 4.79 Å². The zero-order valence-electron chi connectivity index (χ0n) is 11.0. The molecule has 3 heteroatoms. The fourth-order valence-electron chi connectivity index (χ4n) is 2.46. The average Bonchev–Trinajstić information content (AvgIpc) is 2.72. The summed E-state index contributed by atoms with van der Waals surface area (Å²) in [7, 11) is 0. The molecule has 0 bridgehead atoms. The predicted molar refractivity (Wildman–Crippen MR) is 74.1 cm³/mol. The second kappa shape index (κ2) is 5.25. The van der Waals surface area contributed by atoms with Gasteiger partial charge in [0.1, 0.15) is 0 Å². The summed E-state index contributed by atoms with van der Waals surface area (Å²) in [5.41, 5.74) is 9.83. The molecule has 1 unspecified atom stereocenters. The molecule has 3 N–H and O–H groups in total. The highest BCUT2D eigenvalue weighted by Crippen LogP contribution is 2.32. The number of nitrogens with two attached hydrogens (primary N) is 1. The molecule has 2 rings (SSSR count). The lowest BCUT2D eigenvalue weighted by Gasteiger charge is -2.14. The smallest absolute Gasteiger partial charge is 0.247 e. The van der Waals surface area contributed by atoms with Crippen LogP contribution < -0.4 is 11.1 Å². The van der Waals surface area contributed by atoms with Gasteiger partial charge in [-0.05, 0) is 49.4 Å². The van der Waals surface area contributed by atoms with Gasteiger partial charge in [-0.25, -0.2) is 0 Å². The van der Waals surface area contributed by atoms with Gasteiger partial charge in [-0.2, -0.15) is 0 Å². The van der Waals surface area contributed by atoms with Crippen molar-refractivity contribution in [1.29, 1.82) is 0 Å². The van der Waals surface area contributed by atoms with Crippen molar-refractivity contribution in [3.63, 3.8) is 0 Å². The summed E-state index contributed by atoms with van der Waals surface area (Å²) in [5.74, 6) is 0.0338. The lowest BCUT2D eigenvalue weighted by molar-refractivity contribution is -0.118. The Bertz CT molecular complexity index is 491. The number of nitrogen functional groups attached to an aromatic ring is 1. The maximum absolute atomic E-state index is 12.0. The number of carbonyl (C=O) groups excluding carboxylic acids is 1. The van der Waals surface area contributed by atoms with Crippen molar-refractivity contribution in [2.75, 3.05) is 5.73 Å². The number of aryl methyl sites for hydroxylation is 1. The molecular formula is C15H20N2O. The van der Waals surface area contributed by atoms with E-state index < -0.39 is 0 Å². The minimum Gasteiger partial charge on any atom is -0.399 e. The van der Waals surface area contributed by atoms with Gasteiger partial charge in [0.2, 0.25) is 5.91 Å². The van der Waals surface area contributed by atoms with E-state index in [9.17, 15) is 4.79 Å². The van der Waals surface area contributed by atoms with Crippen molar-refractivity contribution in [2.45, 2.75) is 39.2 Å². The third-order valence-electron chi connectivity index (χ3n) is 3.42. The number of fused-ring (bicyclic) bond motifs is 1. The second-order valence-electron chi connectivity index (χ2n) is 4.82. The molecule has 18 heavy (non-hydrogen) atoms. The highest BCUT2D eigenvalue weighted by atomic mass is 16.1. The molecule has 1 atom stereocenters. The third kappa shape index (κ3) is 2.55. The van der Waals surface area contributed by atoms with E-state index >= 15 is 0 Å². The van der Waals surface area contributed by atoms with Gasteiger partial charge in [0, 0.05) is 11.3 Å². The zero-order chi connectivity index (χ0) is 13.1. The van der Waals surface area contributed by atoms with E-state index in [4.69, 9.17) is 5.73 Å². The predicted octanol–water partition coefficient (Wildman–Crippen LogP) is 2.73. The Morgan fingerprint density at radius 1 is 1.56 bits per heavy atom. The molecule has 0 radical (unpaired) electrons. The molecule has 0 heterocycles. The standard InChI is InChI=1S/C15H20N2O/c1-3-4-10(2)15(18)17-14-8-5-11-9-12(16)6-7-13(11)14/h4,6-7,9,14H,3,5,8,16H2,1-2H3,(H,17,18). The number of hydrogen-bond donors (Lipinski definition) is 2. The molecule has 1 amide bonds. The van der Waals surface area contributed by atoms with Crippen LogP contribution >= 0.6 is 0 Å². The molecular weight excluding hydrogens is 224 g/mol. The van der Waals surface area contributed by atoms with Crippen molar-refractivity contribution in [3.8, 4) is 0 Å². The van der Waals surface area contributed by atoms with Crippen molar-refractivity contribution in [2.24, 2.45) is 0 Å². The van der Waals surface area contributed by atoms with Gasteiger partial charge in [-0.1, -0.05) is 19.1 Å². The molecule has 3 nitrogen and oxygen atoms in total. The number of rotatable bonds is 3. The van der Waals surface area contributed by atoms with Crippen LogP contribution in [-0.4, -0.2) is 5.91 Å². The Kier molecular flexibility index (Phi) is 3.70. The Morgan fingerprint density at radius 2 is 2.33 bits per heavy atom. The van der Waals surface area contributed by atoms with Crippen LogP contribution in [0.2, 0.25) is 0 Å². The Hall–Kier alpha value is -1.77. The molecule has 96 valence electrons. The van der Waals surface area contributed by atoms with Crippen LogP contribution in [0.5, 0.6) is 0 Å². The fraction of sp³-hybridized carbons (Fsp3) is 0.400. The van der Waals surface area contributed by atoms with Crippen LogP contribution in [0.3, 0.4) is 0 Å².